The van der Waals surface area contributed by atoms with Gasteiger partial charge < -0.3 is 0 Å². The molecule has 1 aromatic carbocycles. The van der Waals surface area contributed by atoms with Gasteiger partial charge in [0.15, 0.2) is 0 Å². The molecule has 0 bridgehead atoms. The minimum absolute atomic E-state index is 0.0999. The van der Waals surface area contributed by atoms with Gasteiger partial charge in [-0.15, -0.1) is 0 Å². The van der Waals surface area contributed by atoms with Crippen LogP contribution in [0.3, 0.4) is 0 Å². The Labute approximate surface area is 137 Å². The summed E-state index contributed by atoms with van der Waals surface area (Å²) in [5, 5.41) is 0.270. The van der Waals surface area contributed by atoms with Gasteiger partial charge >= 0.3 is 17.8 Å². The average Bonchev–Trinajstić information content (AvgIpc) is 3.29. The normalized spacial score (nSPS) is 18.5. The molecule has 4 amide bonds. The van der Waals surface area contributed by atoms with Gasteiger partial charge in [0, 0.05) is 23.2 Å². The molecule has 0 N–H and O–H groups in total. The van der Waals surface area contributed by atoms with Crippen molar-refractivity contribution in [2.75, 3.05) is 13.7 Å². The van der Waals surface area contributed by atoms with Gasteiger partial charge in [-0.1, -0.05) is 17.7 Å². The van der Waals surface area contributed by atoms with E-state index in [4.69, 9.17) is 11.6 Å². The Morgan fingerprint density at radius 1 is 1.26 bits per heavy atom. The molecule has 6 nitrogen and oxygen atoms in total. The number of hydrogen-bond donors (Lipinski definition) is 0. The number of urea groups is 1. The summed E-state index contributed by atoms with van der Waals surface area (Å²) in [5.74, 6) is -2.08. The number of benzene rings is 1. The lowest BCUT2D eigenvalue weighted by Gasteiger charge is -2.23. The Morgan fingerprint density at radius 3 is 2.57 bits per heavy atom. The molecular formula is C15H15ClFN3O3. The first-order chi connectivity index (χ1) is 10.9. The van der Waals surface area contributed by atoms with Crippen LogP contribution in [0.4, 0.5) is 9.18 Å². The molecule has 2 aliphatic rings. The van der Waals surface area contributed by atoms with Crippen LogP contribution >= 0.6 is 11.6 Å². The second kappa shape index (κ2) is 5.90. The van der Waals surface area contributed by atoms with Gasteiger partial charge in [-0.3, -0.25) is 19.4 Å². The molecule has 3 rings (SSSR count). The summed E-state index contributed by atoms with van der Waals surface area (Å²) in [6, 6.07) is 3.60. The zero-order valence-electron chi connectivity index (χ0n) is 12.5. The molecule has 8 heteroatoms. The van der Waals surface area contributed by atoms with Crippen molar-refractivity contribution in [3.63, 3.8) is 0 Å². The predicted octanol–water partition coefficient (Wildman–Crippen LogP) is 1.82. The molecule has 0 aromatic heterocycles. The van der Waals surface area contributed by atoms with Crippen molar-refractivity contribution < 1.29 is 18.8 Å². The van der Waals surface area contributed by atoms with E-state index < -0.39 is 23.7 Å². The highest BCUT2D eigenvalue weighted by atomic mass is 35.5. The first-order valence-corrected chi connectivity index (χ1v) is 7.58. The molecule has 0 radical (unpaired) electrons. The summed E-state index contributed by atoms with van der Waals surface area (Å²) >= 11 is 5.97. The molecule has 1 aliphatic heterocycles. The molecule has 0 atom stereocenters. The van der Waals surface area contributed by atoms with E-state index in [1.165, 1.54) is 12.1 Å². The highest BCUT2D eigenvalue weighted by molar-refractivity contribution is 6.44. The number of carbonyl (C=O) groups excluding carboxylic acids is 3. The van der Waals surface area contributed by atoms with Gasteiger partial charge in [-0.25, -0.2) is 14.1 Å². The summed E-state index contributed by atoms with van der Waals surface area (Å²) in [7, 11) is 1.62. The molecule has 2 fully saturated rings. The van der Waals surface area contributed by atoms with Crippen molar-refractivity contribution in [1.82, 2.24) is 14.7 Å². The highest BCUT2D eigenvalue weighted by Gasteiger charge is 2.50. The van der Waals surface area contributed by atoms with Crippen molar-refractivity contribution in [2.24, 2.45) is 0 Å². The number of hydrogen-bond acceptors (Lipinski definition) is 4. The van der Waals surface area contributed by atoms with Crippen molar-refractivity contribution in [2.45, 2.75) is 25.4 Å². The Hall–Kier alpha value is -1.99. The zero-order chi connectivity index (χ0) is 16.7. The van der Waals surface area contributed by atoms with E-state index in [9.17, 15) is 18.8 Å². The van der Waals surface area contributed by atoms with Gasteiger partial charge in [0.05, 0.1) is 6.67 Å². The zero-order valence-corrected chi connectivity index (χ0v) is 13.2. The lowest BCUT2D eigenvalue weighted by molar-refractivity contribution is -0.144. The Balaban J connectivity index is 1.70. The lowest BCUT2D eigenvalue weighted by Crippen LogP contribution is -2.41. The molecule has 1 aliphatic carbocycles. The number of amides is 4. The molecule has 1 saturated carbocycles. The van der Waals surface area contributed by atoms with Crippen LogP contribution in [0, 0.1) is 5.82 Å². The second-order valence-corrected chi connectivity index (χ2v) is 6.19. The topological polar surface area (TPSA) is 60.9 Å². The summed E-state index contributed by atoms with van der Waals surface area (Å²) < 4.78 is 13.8. The van der Waals surface area contributed by atoms with Crippen molar-refractivity contribution in [3.8, 4) is 0 Å². The van der Waals surface area contributed by atoms with Crippen LogP contribution < -0.4 is 0 Å². The largest absolute Gasteiger partial charge is 0.335 e. The van der Waals surface area contributed by atoms with Gasteiger partial charge in [0.1, 0.15) is 5.82 Å². The van der Waals surface area contributed by atoms with Gasteiger partial charge in [-0.2, -0.15) is 0 Å². The molecular weight excluding hydrogens is 325 g/mol. The third-order valence-corrected chi connectivity index (χ3v) is 4.22. The number of carbonyl (C=O) groups is 3. The molecule has 0 unspecified atom stereocenters. The Morgan fingerprint density at radius 2 is 1.96 bits per heavy atom. The maximum atomic E-state index is 13.8. The van der Waals surface area contributed by atoms with Crippen LogP contribution in [0.1, 0.15) is 18.4 Å². The van der Waals surface area contributed by atoms with Crippen LogP contribution in [0.15, 0.2) is 18.2 Å². The van der Waals surface area contributed by atoms with Crippen LogP contribution in [0.5, 0.6) is 0 Å². The lowest BCUT2D eigenvalue weighted by atomic mass is 10.2. The van der Waals surface area contributed by atoms with Crippen molar-refractivity contribution in [1.29, 1.82) is 0 Å². The SMILES string of the molecule is CN(Cc1c(F)cccc1Cl)CN1C(=O)C(=O)N(C2CC2)C1=O. The highest BCUT2D eigenvalue weighted by Crippen LogP contribution is 2.31. The fraction of sp³-hybridized carbons (Fsp3) is 0.400. The Kier molecular flexibility index (Phi) is 4.08. The maximum Gasteiger partial charge on any atom is 0.335 e. The predicted molar refractivity (Wildman–Crippen MR) is 79.9 cm³/mol. The Bertz CT molecular complexity index is 672. The number of halogens is 2. The fourth-order valence-electron chi connectivity index (χ4n) is 2.55. The van der Waals surface area contributed by atoms with Crippen LogP contribution in [0.2, 0.25) is 5.02 Å². The summed E-state index contributed by atoms with van der Waals surface area (Å²) in [6.07, 6.45) is 1.47. The maximum absolute atomic E-state index is 13.8. The molecule has 1 heterocycles. The van der Waals surface area contributed by atoms with Crippen LogP contribution in [-0.4, -0.2) is 52.3 Å². The van der Waals surface area contributed by atoms with E-state index in [-0.39, 0.29) is 29.8 Å². The van der Waals surface area contributed by atoms with Crippen molar-refractivity contribution in [3.05, 3.63) is 34.6 Å². The fourth-order valence-corrected chi connectivity index (χ4v) is 2.77. The minimum Gasteiger partial charge on any atom is -0.284 e. The van der Waals surface area contributed by atoms with Gasteiger partial charge in [0.25, 0.3) is 0 Å². The smallest absolute Gasteiger partial charge is 0.284 e. The third-order valence-electron chi connectivity index (χ3n) is 3.87. The minimum atomic E-state index is -0.839. The van der Waals surface area contributed by atoms with E-state index in [1.54, 1.807) is 18.0 Å². The van der Waals surface area contributed by atoms with Gasteiger partial charge in [-0.05, 0) is 32.0 Å². The number of imide groups is 2. The summed E-state index contributed by atoms with van der Waals surface area (Å²) in [5.41, 5.74) is 0.279. The van der Waals surface area contributed by atoms with Crippen molar-refractivity contribution >= 4 is 29.4 Å². The monoisotopic (exact) mass is 339 g/mol. The first-order valence-electron chi connectivity index (χ1n) is 7.20. The molecule has 1 saturated heterocycles. The summed E-state index contributed by atoms with van der Waals surface area (Å²) in [6.45, 7) is 0.0114. The first kappa shape index (κ1) is 15.9. The third kappa shape index (κ3) is 2.94. The van der Waals surface area contributed by atoms with Crippen LogP contribution in [-0.2, 0) is 16.1 Å². The van der Waals surface area contributed by atoms with E-state index in [0.29, 0.717) is 0 Å². The number of nitrogens with zero attached hydrogens (tertiary/aromatic N) is 3. The quantitative estimate of drug-likeness (QED) is 0.606. The average molecular weight is 340 g/mol. The summed E-state index contributed by atoms with van der Waals surface area (Å²) in [4.78, 5) is 39.5. The molecule has 23 heavy (non-hydrogen) atoms. The second-order valence-electron chi connectivity index (χ2n) is 5.78. The van der Waals surface area contributed by atoms with E-state index in [1.807, 2.05) is 0 Å². The van der Waals surface area contributed by atoms with E-state index in [0.717, 1.165) is 22.6 Å². The molecule has 0 spiro atoms. The number of rotatable bonds is 5. The molecule has 1 aromatic rings. The van der Waals surface area contributed by atoms with Gasteiger partial charge in [0.2, 0.25) is 0 Å². The van der Waals surface area contributed by atoms with Crippen LogP contribution in [0.25, 0.3) is 0 Å². The standard InChI is InChI=1S/C15H15ClFN3O3/c1-18(7-10-11(16)3-2-4-12(10)17)8-19-13(21)14(22)20(15(19)23)9-5-6-9/h2-4,9H,5-8H2,1H3. The molecule has 122 valence electrons. The van der Waals surface area contributed by atoms with E-state index in [2.05, 4.69) is 0 Å². The van der Waals surface area contributed by atoms with E-state index >= 15 is 0 Å².